The van der Waals surface area contributed by atoms with Crippen LogP contribution in [0.3, 0.4) is 0 Å². The first-order valence-corrected chi connectivity index (χ1v) is 1.36. The first-order chi connectivity index (χ1) is 1.00. The molecule has 0 saturated heterocycles. The van der Waals surface area contributed by atoms with Gasteiger partial charge in [0.1, 0.15) is 0 Å². The van der Waals surface area contributed by atoms with Gasteiger partial charge in [0.15, 0.2) is 0 Å². The Morgan fingerprint density at radius 3 is 1.50 bits per heavy atom. The van der Waals surface area contributed by atoms with Gasteiger partial charge in [0.05, 0.1) is 0 Å². The maximum atomic E-state index is 8.33. The van der Waals surface area contributed by atoms with Crippen LogP contribution in [-0.4, -0.2) is 48.9 Å². The Morgan fingerprint density at radius 2 is 1.50 bits per heavy atom. The molecule has 1 nitrogen and oxygen atoms in total. The van der Waals surface area contributed by atoms with Gasteiger partial charge in [-0.1, -0.05) is 0 Å². The summed E-state index contributed by atoms with van der Waals surface area (Å²) in [4.78, 5) is 0. The predicted octanol–water partition coefficient (Wildman–Crippen LogP) is -0.280. The fourth-order valence-corrected chi connectivity index (χ4v) is 0. The van der Waals surface area contributed by atoms with Crippen molar-refractivity contribution in [2.24, 2.45) is 0 Å². The molecule has 1 radical (unpaired) electrons. The number of hydrogen-bond donors (Lipinski definition) is 0. The Balaban J connectivity index is -0.000000000833. The monoisotopic (exact) mass is 429 g/mol. The molecule has 0 bridgehead atoms. The van der Waals surface area contributed by atoms with Gasteiger partial charge in [-0.25, -0.2) is 0 Å². The normalized spacial score (nSPS) is 1.00. The largest absolute Gasteiger partial charge is 0 e. The quantitative estimate of drug-likeness (QED) is 0.486. The van der Waals surface area contributed by atoms with Crippen LogP contribution in [0.15, 0.2) is 0 Å². The van der Waals surface area contributed by atoms with Gasteiger partial charge in [-0.05, 0) is 0 Å². The molecule has 0 fully saturated rings. The van der Waals surface area contributed by atoms with Crippen LogP contribution >= 0.6 is 0 Å². The summed E-state index contributed by atoms with van der Waals surface area (Å²) in [6.07, 6.45) is 0. The summed E-state index contributed by atoms with van der Waals surface area (Å²) in [6.45, 7) is 0. The fraction of sp³-hybridized carbons (Fsp3) is 0. The molecule has 0 aliphatic carbocycles. The second-order valence-electron chi connectivity index (χ2n) is 0. The van der Waals surface area contributed by atoms with Gasteiger partial charge in [0.25, 0.3) is 0 Å². The minimum atomic E-state index is 0. The van der Waals surface area contributed by atoms with Crippen LogP contribution in [0.2, 0.25) is 0 Å². The molecule has 4 heteroatoms. The molecule has 0 rings (SSSR count). The van der Waals surface area contributed by atoms with Crippen molar-refractivity contribution < 1.29 is 58.7 Å². The Kier molecular flexibility index (Phi) is 64.4. The summed E-state index contributed by atoms with van der Waals surface area (Å²) >= 11 is 0.333. The van der Waals surface area contributed by atoms with E-state index in [-0.39, 0.29) is 84.4 Å². The van der Waals surface area contributed by atoms with Crippen LogP contribution < -0.4 is 0 Å². The van der Waals surface area contributed by atoms with Gasteiger partial charge in [-0.15, -0.1) is 0 Å². The summed E-state index contributed by atoms with van der Waals surface area (Å²) in [7, 11) is 0. The van der Waals surface area contributed by atoms with Gasteiger partial charge >= 0.3 is 72.1 Å². The molecule has 19 valence electrons. The molecular weight excluding hydrogens is 426 g/mol. The third-order valence-electron chi connectivity index (χ3n) is 0. The van der Waals surface area contributed by atoms with Crippen molar-refractivity contribution in [3.05, 3.63) is 0 Å². The number of rotatable bonds is 0. The van der Waals surface area contributed by atoms with Crippen LogP contribution in [0.25, 0.3) is 0 Å². The second kappa shape index (κ2) is 16.4. The molecule has 0 aromatic heterocycles. The van der Waals surface area contributed by atoms with E-state index in [0.29, 0.717) is 19.8 Å². The molecule has 0 aliphatic rings. The minimum absolute atomic E-state index is 0. The van der Waals surface area contributed by atoms with Crippen LogP contribution in [0.1, 0.15) is 2.85 Å². The standard InChI is InChI=1S/Ba.O.W.Y.2H/q+2;;;;2*-1. The Morgan fingerprint density at radius 1 is 1.50 bits per heavy atom. The Bertz CT molecular complexity index is 13.5. The zero-order chi connectivity index (χ0) is 2.00. The number of hydrogen-bond acceptors (Lipinski definition) is 1. The van der Waals surface area contributed by atoms with Crippen LogP contribution in [0.4, 0.5) is 0 Å². The fourth-order valence-electron chi connectivity index (χ4n) is 0. The average Bonchev–Trinajstić information content (AvgIpc) is 1.00. The molecule has 0 aromatic rings. The SMILES string of the molecule is [Ba+2].[H-].[H-].[O]=[W].[Y]. The van der Waals surface area contributed by atoms with Gasteiger partial charge in [-0.3, -0.25) is 0 Å². The summed E-state index contributed by atoms with van der Waals surface area (Å²) < 4.78 is 8.33. The van der Waals surface area contributed by atoms with E-state index in [9.17, 15) is 0 Å². The zero-order valence-corrected chi connectivity index (χ0v) is 12.3. The molecule has 0 aliphatic heterocycles. The van der Waals surface area contributed by atoms with E-state index in [4.69, 9.17) is 3.40 Å². The van der Waals surface area contributed by atoms with E-state index in [0.717, 1.165) is 0 Å². The molecular formula is H2BaOWY. The third kappa shape index (κ3) is 8.94. The zero-order valence-electron chi connectivity index (χ0n) is 4.10. The average molecular weight is 428 g/mol. The smallest absolute Gasteiger partial charge is 0 e. The van der Waals surface area contributed by atoms with Gasteiger partial charge in [0.2, 0.25) is 0 Å². The van der Waals surface area contributed by atoms with Crippen molar-refractivity contribution in [3.63, 3.8) is 0 Å². The molecule has 0 amide bonds. The molecule has 4 heavy (non-hydrogen) atoms. The Hall–Kier alpha value is 3.16. The maximum Gasteiger partial charge on any atom is 0 e. The molecule has 0 aromatic carbocycles. The second-order valence-corrected chi connectivity index (χ2v) is 0. The van der Waals surface area contributed by atoms with Crippen molar-refractivity contribution in [3.8, 4) is 0 Å². The molecule has 0 atom stereocenters. The summed E-state index contributed by atoms with van der Waals surface area (Å²) in [5.74, 6) is 0. The maximum absolute atomic E-state index is 8.33. The van der Waals surface area contributed by atoms with Crippen molar-refractivity contribution in [2.75, 3.05) is 0 Å². The van der Waals surface area contributed by atoms with Crippen LogP contribution in [-0.2, 0) is 55.9 Å². The van der Waals surface area contributed by atoms with Crippen molar-refractivity contribution in [2.45, 2.75) is 0 Å². The van der Waals surface area contributed by atoms with E-state index in [1.54, 1.807) is 0 Å². The summed E-state index contributed by atoms with van der Waals surface area (Å²) in [6, 6.07) is 0. The van der Waals surface area contributed by atoms with E-state index in [2.05, 4.69) is 0 Å². The van der Waals surface area contributed by atoms with E-state index in [1.807, 2.05) is 0 Å². The van der Waals surface area contributed by atoms with Crippen molar-refractivity contribution in [1.82, 2.24) is 0 Å². The first-order valence-electron chi connectivity index (χ1n) is 0.167. The van der Waals surface area contributed by atoms with Crippen LogP contribution in [0.5, 0.6) is 0 Å². The summed E-state index contributed by atoms with van der Waals surface area (Å²) in [5.41, 5.74) is 0. The van der Waals surface area contributed by atoms with Crippen molar-refractivity contribution >= 4 is 48.9 Å². The van der Waals surface area contributed by atoms with Gasteiger partial charge < -0.3 is 2.85 Å². The Labute approximate surface area is 105 Å². The third-order valence-corrected chi connectivity index (χ3v) is 0. The van der Waals surface area contributed by atoms with E-state index in [1.165, 1.54) is 0 Å². The molecule has 0 spiro atoms. The van der Waals surface area contributed by atoms with Crippen LogP contribution in [0, 0.1) is 0 Å². The topological polar surface area (TPSA) is 17.1 Å². The summed E-state index contributed by atoms with van der Waals surface area (Å²) in [5, 5.41) is 0. The molecule has 0 heterocycles. The predicted molar refractivity (Wildman–Crippen MR) is 8.66 cm³/mol. The van der Waals surface area contributed by atoms with E-state index >= 15 is 0 Å². The molecule has 0 saturated carbocycles. The molecule has 0 N–H and O–H groups in total. The molecule has 0 unspecified atom stereocenters. The first kappa shape index (κ1) is 15.7. The van der Waals surface area contributed by atoms with E-state index < -0.39 is 0 Å². The van der Waals surface area contributed by atoms with Gasteiger partial charge in [-0.2, -0.15) is 0 Å². The van der Waals surface area contributed by atoms with Gasteiger partial charge in [0, 0.05) is 32.7 Å². The minimum Gasteiger partial charge on any atom is 0 e. The van der Waals surface area contributed by atoms with Crippen molar-refractivity contribution in [1.29, 1.82) is 0 Å².